The molecule has 116 valence electrons. The number of carbonyl (C=O) groups excluding carboxylic acids is 1. The van der Waals surface area contributed by atoms with Crippen LogP contribution >= 0.6 is 11.6 Å². The first kappa shape index (κ1) is 16.0. The van der Waals surface area contributed by atoms with Gasteiger partial charge in [-0.05, 0) is 44.9 Å². The number of hydrogen-bond donors (Lipinski definition) is 1. The summed E-state index contributed by atoms with van der Waals surface area (Å²) in [6.07, 6.45) is 2.18. The van der Waals surface area contributed by atoms with Crippen LogP contribution in [0.1, 0.15) is 37.0 Å². The van der Waals surface area contributed by atoms with E-state index in [0.29, 0.717) is 42.7 Å². The molecule has 1 fully saturated rings. The van der Waals surface area contributed by atoms with Gasteiger partial charge in [0.25, 0.3) is 5.91 Å². The third-order valence-electron chi connectivity index (χ3n) is 3.67. The number of halogens is 1. The molecule has 0 spiro atoms. The monoisotopic (exact) mass is 311 g/mol. The third-order valence-corrected chi connectivity index (χ3v) is 4.24. The average molecular weight is 312 g/mol. The number of benzene rings is 1. The summed E-state index contributed by atoms with van der Waals surface area (Å²) in [5.41, 5.74) is 0.692. The Balaban J connectivity index is 2.04. The van der Waals surface area contributed by atoms with Crippen LogP contribution in [0.3, 0.4) is 0 Å². The average Bonchev–Trinajstić information content (AvgIpc) is 3.28. The molecule has 0 bridgehead atoms. The minimum atomic E-state index is -0.101. The Bertz CT molecular complexity index is 500. The van der Waals surface area contributed by atoms with Gasteiger partial charge in [0.2, 0.25) is 0 Å². The summed E-state index contributed by atoms with van der Waals surface area (Å²) in [6.45, 7) is 5.54. The molecule has 0 saturated heterocycles. The van der Waals surface area contributed by atoms with E-state index in [-0.39, 0.29) is 11.3 Å². The molecule has 4 nitrogen and oxygen atoms in total. The number of hydrogen-bond acceptors (Lipinski definition) is 3. The molecule has 2 rings (SSSR count). The number of ether oxygens (including phenoxy) is 2. The van der Waals surface area contributed by atoms with E-state index in [4.69, 9.17) is 21.1 Å². The summed E-state index contributed by atoms with van der Waals surface area (Å²) in [4.78, 5) is 12.2. The predicted octanol–water partition coefficient (Wildman–Crippen LogP) is 3.23. The minimum Gasteiger partial charge on any atom is -0.490 e. The number of rotatable bonds is 8. The van der Waals surface area contributed by atoms with Crippen molar-refractivity contribution in [3.8, 4) is 11.5 Å². The van der Waals surface area contributed by atoms with Crippen LogP contribution in [0.5, 0.6) is 11.5 Å². The SMILES string of the molecule is CCOc1ccc(C(=O)NCC2(CCl)CC2)cc1OCC. The van der Waals surface area contributed by atoms with Crippen molar-refractivity contribution in [2.24, 2.45) is 5.41 Å². The summed E-state index contributed by atoms with van der Waals surface area (Å²) in [7, 11) is 0. The zero-order valence-electron chi connectivity index (χ0n) is 12.6. The molecule has 1 N–H and O–H groups in total. The second kappa shape index (κ2) is 7.03. The van der Waals surface area contributed by atoms with Crippen molar-refractivity contribution in [1.82, 2.24) is 5.32 Å². The number of carbonyl (C=O) groups is 1. The highest BCUT2D eigenvalue weighted by molar-refractivity contribution is 6.18. The molecule has 0 unspecified atom stereocenters. The molecule has 5 heteroatoms. The molecule has 0 aliphatic heterocycles. The topological polar surface area (TPSA) is 47.6 Å². The standard InChI is InChI=1S/C16H22ClNO3/c1-3-20-13-6-5-12(9-14(13)21-4-2)15(19)18-11-16(10-17)7-8-16/h5-6,9H,3-4,7-8,10-11H2,1-2H3,(H,18,19). The van der Waals surface area contributed by atoms with Crippen molar-refractivity contribution < 1.29 is 14.3 Å². The fourth-order valence-corrected chi connectivity index (χ4v) is 2.46. The molecule has 1 aromatic rings. The molecular weight excluding hydrogens is 290 g/mol. The molecule has 0 heterocycles. The summed E-state index contributed by atoms with van der Waals surface area (Å²) >= 11 is 5.92. The Morgan fingerprint density at radius 2 is 1.90 bits per heavy atom. The Kier molecular flexibility index (Phi) is 5.34. The van der Waals surface area contributed by atoms with E-state index in [2.05, 4.69) is 5.32 Å². The molecular formula is C16H22ClNO3. The molecule has 1 amide bonds. The van der Waals surface area contributed by atoms with E-state index >= 15 is 0 Å². The van der Waals surface area contributed by atoms with E-state index in [1.165, 1.54) is 0 Å². The van der Waals surface area contributed by atoms with Crippen LogP contribution in [0.25, 0.3) is 0 Å². The Morgan fingerprint density at radius 1 is 1.24 bits per heavy atom. The minimum absolute atomic E-state index is 0.101. The van der Waals surface area contributed by atoms with Gasteiger partial charge in [-0.25, -0.2) is 0 Å². The van der Waals surface area contributed by atoms with Gasteiger partial charge in [-0.3, -0.25) is 4.79 Å². The summed E-state index contributed by atoms with van der Waals surface area (Å²) in [6, 6.07) is 5.26. The van der Waals surface area contributed by atoms with E-state index in [1.54, 1.807) is 18.2 Å². The zero-order chi connectivity index (χ0) is 15.3. The molecule has 21 heavy (non-hydrogen) atoms. The highest BCUT2D eigenvalue weighted by Crippen LogP contribution is 2.45. The highest BCUT2D eigenvalue weighted by atomic mass is 35.5. The lowest BCUT2D eigenvalue weighted by Crippen LogP contribution is -2.31. The smallest absolute Gasteiger partial charge is 0.251 e. The van der Waals surface area contributed by atoms with Crippen molar-refractivity contribution >= 4 is 17.5 Å². The lowest BCUT2D eigenvalue weighted by molar-refractivity contribution is 0.0946. The first-order chi connectivity index (χ1) is 10.1. The van der Waals surface area contributed by atoms with E-state index < -0.39 is 0 Å². The molecule has 1 saturated carbocycles. The molecule has 0 aromatic heterocycles. The predicted molar refractivity (Wildman–Crippen MR) is 83.5 cm³/mol. The van der Waals surface area contributed by atoms with Gasteiger partial charge in [-0.1, -0.05) is 0 Å². The Hall–Kier alpha value is -1.42. The second-order valence-electron chi connectivity index (χ2n) is 5.34. The third kappa shape index (κ3) is 4.03. The molecule has 1 aromatic carbocycles. The van der Waals surface area contributed by atoms with Crippen LogP contribution in [0.4, 0.5) is 0 Å². The zero-order valence-corrected chi connectivity index (χ0v) is 13.3. The molecule has 1 aliphatic carbocycles. The van der Waals surface area contributed by atoms with Gasteiger partial charge < -0.3 is 14.8 Å². The largest absolute Gasteiger partial charge is 0.490 e. The van der Waals surface area contributed by atoms with Gasteiger partial charge in [0.05, 0.1) is 13.2 Å². The summed E-state index contributed by atoms with van der Waals surface area (Å²) in [5, 5.41) is 2.95. The van der Waals surface area contributed by atoms with Crippen LogP contribution in [0, 0.1) is 5.41 Å². The van der Waals surface area contributed by atoms with Crippen LogP contribution in [0.15, 0.2) is 18.2 Å². The van der Waals surface area contributed by atoms with Crippen LogP contribution in [-0.2, 0) is 0 Å². The fraction of sp³-hybridized carbons (Fsp3) is 0.562. The van der Waals surface area contributed by atoms with Crippen LogP contribution in [0.2, 0.25) is 0 Å². The lowest BCUT2D eigenvalue weighted by atomic mass is 10.1. The maximum Gasteiger partial charge on any atom is 0.251 e. The maximum absolute atomic E-state index is 12.2. The first-order valence-electron chi connectivity index (χ1n) is 7.38. The summed E-state index contributed by atoms with van der Waals surface area (Å²) in [5.74, 6) is 1.76. The van der Waals surface area contributed by atoms with Crippen molar-refractivity contribution in [3.05, 3.63) is 23.8 Å². The van der Waals surface area contributed by atoms with Crippen molar-refractivity contribution in [2.45, 2.75) is 26.7 Å². The maximum atomic E-state index is 12.2. The number of nitrogens with one attached hydrogen (secondary N) is 1. The van der Waals surface area contributed by atoms with Crippen molar-refractivity contribution in [1.29, 1.82) is 0 Å². The lowest BCUT2D eigenvalue weighted by Gasteiger charge is -2.14. The highest BCUT2D eigenvalue weighted by Gasteiger charge is 2.41. The van der Waals surface area contributed by atoms with Gasteiger partial charge in [-0.15, -0.1) is 11.6 Å². The van der Waals surface area contributed by atoms with Crippen molar-refractivity contribution in [3.63, 3.8) is 0 Å². The number of alkyl halides is 1. The van der Waals surface area contributed by atoms with Gasteiger partial charge in [-0.2, -0.15) is 0 Å². The Labute approximate surface area is 130 Å². The van der Waals surface area contributed by atoms with Crippen molar-refractivity contribution in [2.75, 3.05) is 25.6 Å². The van der Waals surface area contributed by atoms with Gasteiger partial charge in [0.15, 0.2) is 11.5 Å². The van der Waals surface area contributed by atoms with Crippen LogP contribution < -0.4 is 14.8 Å². The van der Waals surface area contributed by atoms with Gasteiger partial charge in [0.1, 0.15) is 0 Å². The Morgan fingerprint density at radius 3 is 2.48 bits per heavy atom. The first-order valence-corrected chi connectivity index (χ1v) is 7.91. The van der Waals surface area contributed by atoms with E-state index in [1.807, 2.05) is 13.8 Å². The van der Waals surface area contributed by atoms with E-state index in [0.717, 1.165) is 12.8 Å². The quantitative estimate of drug-likeness (QED) is 0.750. The summed E-state index contributed by atoms with van der Waals surface area (Å²) < 4.78 is 11.0. The molecule has 0 radical (unpaired) electrons. The normalized spacial score (nSPS) is 15.4. The van der Waals surface area contributed by atoms with Gasteiger partial charge >= 0.3 is 0 Å². The molecule has 1 aliphatic rings. The molecule has 0 atom stereocenters. The van der Waals surface area contributed by atoms with E-state index in [9.17, 15) is 4.79 Å². The number of amides is 1. The van der Waals surface area contributed by atoms with Crippen LogP contribution in [-0.4, -0.2) is 31.5 Å². The fourth-order valence-electron chi connectivity index (χ4n) is 2.10. The second-order valence-corrected chi connectivity index (χ2v) is 5.61. The van der Waals surface area contributed by atoms with Gasteiger partial charge in [0, 0.05) is 23.4 Å².